The Labute approximate surface area is 259 Å². The molecule has 2 N–H and O–H groups in total. The Bertz CT molecular complexity index is 1420. The van der Waals surface area contributed by atoms with E-state index in [4.69, 9.17) is 26.4 Å². The first-order valence-corrected chi connectivity index (χ1v) is 14.8. The van der Waals surface area contributed by atoms with E-state index >= 15 is 0 Å². The van der Waals surface area contributed by atoms with Crippen molar-refractivity contribution in [1.82, 2.24) is 10.2 Å². The van der Waals surface area contributed by atoms with Crippen molar-refractivity contribution in [3.05, 3.63) is 83.9 Å². The van der Waals surface area contributed by atoms with Crippen LogP contribution in [-0.2, 0) is 21.4 Å². The smallest absolute Gasteiger partial charge is 0.410 e. The topological polar surface area (TPSA) is 97.3 Å². The number of likely N-dealkylation sites (tertiary alicyclic amines) is 1. The maximum atomic E-state index is 13.1. The number of nitrogens with zero attached hydrogens (tertiary/aromatic N) is 1. The van der Waals surface area contributed by atoms with Crippen molar-refractivity contribution in [3.8, 4) is 22.6 Å². The molecule has 0 radical (unpaired) electrons. The van der Waals surface area contributed by atoms with Crippen LogP contribution in [0.1, 0.15) is 44.7 Å². The molecule has 0 aromatic heterocycles. The van der Waals surface area contributed by atoms with Crippen LogP contribution in [0.25, 0.3) is 11.1 Å². The number of rotatable bonds is 9. The Morgan fingerprint density at radius 3 is 2.16 bits per heavy atom. The monoisotopic (exact) mass is 604 g/mol. The highest BCUT2D eigenvalue weighted by atomic mass is 32.1. The molecular formula is C34H40N2O6S. The summed E-state index contributed by atoms with van der Waals surface area (Å²) in [4.78, 5) is 27.7. The van der Waals surface area contributed by atoms with Crippen molar-refractivity contribution in [1.29, 1.82) is 0 Å². The highest BCUT2D eigenvalue weighted by molar-refractivity contribution is 7.80. The van der Waals surface area contributed by atoms with Crippen LogP contribution < -0.4 is 14.8 Å². The molecule has 0 aliphatic carbocycles. The van der Waals surface area contributed by atoms with E-state index in [9.17, 15) is 14.7 Å². The maximum absolute atomic E-state index is 13.1. The van der Waals surface area contributed by atoms with E-state index in [1.165, 1.54) is 0 Å². The van der Waals surface area contributed by atoms with E-state index in [0.29, 0.717) is 42.4 Å². The minimum atomic E-state index is -1.01. The van der Waals surface area contributed by atoms with Crippen molar-refractivity contribution in [2.24, 2.45) is 0 Å². The van der Waals surface area contributed by atoms with Crippen LogP contribution in [0.15, 0.2) is 72.8 Å². The first-order chi connectivity index (χ1) is 20.5. The third-order valence-electron chi connectivity index (χ3n) is 7.62. The van der Waals surface area contributed by atoms with Crippen molar-refractivity contribution >= 4 is 29.3 Å². The first kappa shape index (κ1) is 31.8. The quantitative estimate of drug-likeness (QED) is 0.277. The summed E-state index contributed by atoms with van der Waals surface area (Å²) < 4.78 is 16.8. The fourth-order valence-electron chi connectivity index (χ4n) is 5.52. The lowest BCUT2D eigenvalue weighted by molar-refractivity contribution is -0.139. The molecule has 8 nitrogen and oxygen atoms in total. The summed E-state index contributed by atoms with van der Waals surface area (Å²) in [6.45, 7) is 6.34. The summed E-state index contributed by atoms with van der Waals surface area (Å²) in [5.41, 5.74) is 2.08. The van der Waals surface area contributed by atoms with Crippen LogP contribution in [0.4, 0.5) is 4.79 Å². The Balaban J connectivity index is 1.58. The summed E-state index contributed by atoms with van der Waals surface area (Å²) in [5, 5.41) is 13.4. The number of carbonyl (C=O) groups excluding carboxylic acids is 1. The van der Waals surface area contributed by atoms with Gasteiger partial charge in [0, 0.05) is 19.5 Å². The molecule has 1 unspecified atom stereocenters. The van der Waals surface area contributed by atoms with Crippen LogP contribution in [0.3, 0.4) is 0 Å². The highest BCUT2D eigenvalue weighted by Crippen LogP contribution is 2.39. The predicted molar refractivity (Wildman–Crippen MR) is 171 cm³/mol. The van der Waals surface area contributed by atoms with Gasteiger partial charge in [0.15, 0.2) is 0 Å². The fraction of sp³-hybridized carbons (Fsp3) is 0.382. The molecule has 43 heavy (non-hydrogen) atoms. The van der Waals surface area contributed by atoms with Gasteiger partial charge < -0.3 is 29.5 Å². The zero-order valence-electron chi connectivity index (χ0n) is 25.4. The number of benzene rings is 3. The number of amides is 1. The normalized spacial score (nSPS) is 17.5. The van der Waals surface area contributed by atoms with E-state index in [0.717, 1.165) is 22.3 Å². The number of methoxy groups -OCH3 is 2. The second kappa shape index (κ2) is 13.5. The minimum Gasteiger partial charge on any atom is -0.496 e. The molecule has 0 spiro atoms. The van der Waals surface area contributed by atoms with Gasteiger partial charge in [0.05, 0.1) is 30.2 Å². The fourth-order valence-corrected chi connectivity index (χ4v) is 5.95. The summed E-state index contributed by atoms with van der Waals surface area (Å²) in [7, 11) is 3.22. The Hall–Kier alpha value is -4.11. The predicted octanol–water partition coefficient (Wildman–Crippen LogP) is 6.25. The lowest BCUT2D eigenvalue weighted by Gasteiger charge is -2.44. The lowest BCUT2D eigenvalue weighted by atomic mass is 9.73. The summed E-state index contributed by atoms with van der Waals surface area (Å²) in [6, 6.07) is 22.0. The number of carbonyl (C=O) groups is 2. The molecule has 0 saturated carbocycles. The molecule has 3 aromatic carbocycles. The van der Waals surface area contributed by atoms with Crippen LogP contribution in [0.5, 0.6) is 11.5 Å². The number of hydrogen-bond donors (Lipinski definition) is 2. The second-order valence-corrected chi connectivity index (χ2v) is 12.2. The number of hydrogen-bond acceptors (Lipinski definition) is 6. The number of aliphatic carboxylic acids is 1. The molecule has 4 rings (SSSR count). The average Bonchev–Trinajstić information content (AvgIpc) is 3.00. The summed E-state index contributed by atoms with van der Waals surface area (Å²) in [6.07, 6.45) is 1.17. The van der Waals surface area contributed by atoms with Gasteiger partial charge in [-0.05, 0) is 62.4 Å². The average molecular weight is 605 g/mol. The Morgan fingerprint density at radius 1 is 0.977 bits per heavy atom. The molecule has 1 heterocycles. The Morgan fingerprint density at radius 2 is 1.60 bits per heavy atom. The van der Waals surface area contributed by atoms with E-state index in [2.05, 4.69) is 5.32 Å². The van der Waals surface area contributed by atoms with Gasteiger partial charge in [-0.1, -0.05) is 72.9 Å². The molecule has 9 heteroatoms. The number of piperidine rings is 1. The number of nitrogens with one attached hydrogen (secondary N) is 1. The second-order valence-electron chi connectivity index (χ2n) is 11.8. The SMILES string of the molecule is COc1cccc(OC)c1-c1ccc(C[C@H](NC(=S)C2(c3ccccc3)CCCN(C(=O)OC(C)(C)C)C2)C(=O)O)cc1. The number of carboxylic acids is 1. The molecule has 1 saturated heterocycles. The Kier molecular flexibility index (Phi) is 9.96. The molecule has 1 amide bonds. The minimum absolute atomic E-state index is 0.208. The molecule has 3 aromatic rings. The number of thiocarbonyl (C=S) groups is 1. The van der Waals surface area contributed by atoms with E-state index < -0.39 is 29.1 Å². The number of ether oxygens (including phenoxy) is 3. The molecular weight excluding hydrogens is 564 g/mol. The van der Waals surface area contributed by atoms with Gasteiger partial charge in [0.2, 0.25) is 0 Å². The zero-order chi connectivity index (χ0) is 31.2. The van der Waals surface area contributed by atoms with E-state index in [1.54, 1.807) is 19.1 Å². The molecule has 228 valence electrons. The van der Waals surface area contributed by atoms with Gasteiger partial charge in [-0.2, -0.15) is 0 Å². The number of carboxylic acid groups (broad SMARTS) is 1. The standard InChI is InChI=1S/C34H40N2O6S/c1-33(2,3)42-32(39)36-20-10-19-34(22-36,25-11-7-6-8-12-25)31(43)35-26(30(37)38)21-23-15-17-24(18-16-23)29-27(40-4)13-9-14-28(29)41-5/h6-9,11-18,26H,10,19-22H2,1-5H3,(H,35,43)(H,37,38)/t26-,34?/m0/s1. The first-order valence-electron chi connectivity index (χ1n) is 14.3. The lowest BCUT2D eigenvalue weighted by Crippen LogP contribution is -2.58. The van der Waals surface area contributed by atoms with Gasteiger partial charge in [-0.15, -0.1) is 0 Å². The van der Waals surface area contributed by atoms with Gasteiger partial charge in [-0.3, -0.25) is 0 Å². The molecule has 1 aliphatic rings. The van der Waals surface area contributed by atoms with Gasteiger partial charge in [0.1, 0.15) is 23.1 Å². The van der Waals surface area contributed by atoms with Gasteiger partial charge >= 0.3 is 12.1 Å². The molecule has 1 fully saturated rings. The van der Waals surface area contributed by atoms with Gasteiger partial charge in [0.25, 0.3) is 0 Å². The largest absolute Gasteiger partial charge is 0.496 e. The van der Waals surface area contributed by atoms with Crippen LogP contribution >= 0.6 is 12.2 Å². The van der Waals surface area contributed by atoms with Crippen LogP contribution in [0.2, 0.25) is 0 Å². The molecule has 1 aliphatic heterocycles. The van der Waals surface area contributed by atoms with Crippen LogP contribution in [-0.4, -0.2) is 66.0 Å². The molecule has 2 atom stereocenters. The van der Waals surface area contributed by atoms with Crippen LogP contribution in [0, 0.1) is 0 Å². The third-order valence-corrected chi connectivity index (χ3v) is 8.13. The third kappa shape index (κ3) is 7.46. The van der Waals surface area contributed by atoms with Crippen molar-refractivity contribution < 1.29 is 28.9 Å². The van der Waals surface area contributed by atoms with Gasteiger partial charge in [-0.25, -0.2) is 9.59 Å². The summed E-state index contributed by atoms with van der Waals surface area (Å²) in [5.74, 6) is 0.351. The van der Waals surface area contributed by atoms with E-state index in [1.807, 2.05) is 93.6 Å². The highest BCUT2D eigenvalue weighted by Gasteiger charge is 2.44. The van der Waals surface area contributed by atoms with E-state index in [-0.39, 0.29) is 6.42 Å². The zero-order valence-corrected chi connectivity index (χ0v) is 26.2. The van der Waals surface area contributed by atoms with Crippen molar-refractivity contribution in [2.75, 3.05) is 27.3 Å². The molecule has 0 bridgehead atoms. The van der Waals surface area contributed by atoms with Crippen molar-refractivity contribution in [3.63, 3.8) is 0 Å². The maximum Gasteiger partial charge on any atom is 0.410 e. The van der Waals surface area contributed by atoms with Crippen molar-refractivity contribution in [2.45, 2.75) is 57.1 Å². The summed E-state index contributed by atoms with van der Waals surface area (Å²) >= 11 is 5.99.